The number of fused-ring (bicyclic) bond motifs is 1. The number of rotatable bonds is 5. The second-order valence-electron chi connectivity index (χ2n) is 6.23. The number of aryl methyl sites for hydroxylation is 2. The number of hydrogen-bond donors (Lipinski definition) is 2. The van der Waals surface area contributed by atoms with E-state index in [2.05, 4.69) is 23.3 Å². The first-order valence-corrected chi connectivity index (χ1v) is 8.10. The second kappa shape index (κ2) is 6.53. The van der Waals surface area contributed by atoms with Crippen LogP contribution in [0.3, 0.4) is 0 Å². The van der Waals surface area contributed by atoms with E-state index < -0.39 is 0 Å². The molecule has 118 valence electrons. The summed E-state index contributed by atoms with van der Waals surface area (Å²) in [6.07, 6.45) is 3.30. The monoisotopic (exact) mass is 300 g/mol. The molecule has 2 N–H and O–H groups in total. The molecule has 1 aliphatic heterocycles. The molecular weight excluding hydrogens is 276 g/mol. The molecule has 2 heterocycles. The minimum Gasteiger partial charge on any atom is -0.381 e. The summed E-state index contributed by atoms with van der Waals surface area (Å²) in [7, 11) is 0. The Morgan fingerprint density at radius 3 is 3.05 bits per heavy atom. The third-order valence-corrected chi connectivity index (χ3v) is 4.69. The Kier molecular flexibility index (Phi) is 4.48. The lowest BCUT2D eigenvalue weighted by atomic mass is 10.0. The van der Waals surface area contributed by atoms with Crippen molar-refractivity contribution in [2.75, 3.05) is 19.8 Å². The average molecular weight is 300 g/mol. The summed E-state index contributed by atoms with van der Waals surface area (Å²) in [6.45, 7) is 6.63. The molecule has 0 bridgehead atoms. The van der Waals surface area contributed by atoms with Crippen molar-refractivity contribution in [2.24, 2.45) is 5.92 Å². The first-order valence-electron chi connectivity index (χ1n) is 8.10. The van der Waals surface area contributed by atoms with Gasteiger partial charge in [-0.15, -0.1) is 0 Å². The zero-order valence-corrected chi connectivity index (χ0v) is 13.4. The van der Waals surface area contributed by atoms with Gasteiger partial charge in [-0.25, -0.2) is 0 Å². The Morgan fingerprint density at radius 1 is 1.41 bits per heavy atom. The lowest BCUT2D eigenvalue weighted by Gasteiger charge is -2.09. The van der Waals surface area contributed by atoms with Crippen LogP contribution >= 0.6 is 0 Å². The van der Waals surface area contributed by atoms with Crippen LogP contribution in [0.5, 0.6) is 0 Å². The maximum atomic E-state index is 12.4. The Bertz CT molecular complexity index is 669. The van der Waals surface area contributed by atoms with Crippen LogP contribution in [0.1, 0.15) is 40.9 Å². The fourth-order valence-electron chi connectivity index (χ4n) is 3.17. The minimum absolute atomic E-state index is 0.00882. The molecule has 1 amide bonds. The van der Waals surface area contributed by atoms with Crippen molar-refractivity contribution < 1.29 is 9.53 Å². The van der Waals surface area contributed by atoms with Gasteiger partial charge in [0.15, 0.2) is 0 Å². The van der Waals surface area contributed by atoms with Gasteiger partial charge in [-0.05, 0) is 50.7 Å². The van der Waals surface area contributed by atoms with Gasteiger partial charge in [0, 0.05) is 30.8 Å². The maximum Gasteiger partial charge on any atom is 0.253 e. The largest absolute Gasteiger partial charge is 0.381 e. The van der Waals surface area contributed by atoms with Gasteiger partial charge in [-0.3, -0.25) is 4.79 Å². The predicted octanol–water partition coefficient (Wildman–Crippen LogP) is 3.33. The summed E-state index contributed by atoms with van der Waals surface area (Å²) < 4.78 is 5.37. The molecule has 1 aromatic carbocycles. The van der Waals surface area contributed by atoms with E-state index in [4.69, 9.17) is 4.74 Å². The predicted molar refractivity (Wildman–Crippen MR) is 88.3 cm³/mol. The number of nitrogens with one attached hydrogen (secondary N) is 2. The molecule has 4 heteroatoms. The lowest BCUT2D eigenvalue weighted by molar-refractivity contribution is 0.0954. The molecule has 0 radical (unpaired) electrons. The summed E-state index contributed by atoms with van der Waals surface area (Å²) in [5.41, 5.74) is 4.01. The summed E-state index contributed by atoms with van der Waals surface area (Å²) in [5, 5.41) is 4.18. The average Bonchev–Trinajstić information content (AvgIpc) is 3.13. The second-order valence-corrected chi connectivity index (χ2v) is 6.23. The van der Waals surface area contributed by atoms with Crippen LogP contribution < -0.4 is 5.32 Å². The van der Waals surface area contributed by atoms with Crippen LogP contribution in [0.4, 0.5) is 0 Å². The van der Waals surface area contributed by atoms with E-state index in [1.165, 1.54) is 5.56 Å². The van der Waals surface area contributed by atoms with E-state index in [0.717, 1.165) is 61.2 Å². The van der Waals surface area contributed by atoms with Crippen molar-refractivity contribution in [3.05, 3.63) is 35.0 Å². The third kappa shape index (κ3) is 3.02. The molecule has 22 heavy (non-hydrogen) atoms. The van der Waals surface area contributed by atoms with Gasteiger partial charge in [0.25, 0.3) is 5.91 Å². The maximum absolute atomic E-state index is 12.4. The molecule has 4 nitrogen and oxygen atoms in total. The van der Waals surface area contributed by atoms with E-state index in [-0.39, 0.29) is 5.91 Å². The van der Waals surface area contributed by atoms with Crippen LogP contribution in [0.25, 0.3) is 10.9 Å². The molecule has 1 fully saturated rings. The summed E-state index contributed by atoms with van der Waals surface area (Å²) in [5.74, 6) is 0.684. The van der Waals surface area contributed by atoms with Crippen molar-refractivity contribution in [3.63, 3.8) is 0 Å². The quantitative estimate of drug-likeness (QED) is 0.832. The van der Waals surface area contributed by atoms with Crippen molar-refractivity contribution in [3.8, 4) is 0 Å². The molecule has 1 aliphatic rings. The van der Waals surface area contributed by atoms with Gasteiger partial charge >= 0.3 is 0 Å². The molecule has 0 spiro atoms. The number of carbonyl (C=O) groups is 1. The van der Waals surface area contributed by atoms with Gasteiger partial charge in [0.1, 0.15) is 0 Å². The number of aromatic nitrogens is 1. The first-order chi connectivity index (χ1) is 10.7. The van der Waals surface area contributed by atoms with E-state index in [0.29, 0.717) is 5.92 Å². The number of benzene rings is 1. The number of hydrogen-bond acceptors (Lipinski definition) is 2. The summed E-state index contributed by atoms with van der Waals surface area (Å²) in [4.78, 5) is 15.8. The molecule has 1 aromatic heterocycles. The Balaban J connectivity index is 1.61. The fraction of sp³-hybridized carbons (Fsp3) is 0.500. The molecule has 0 aliphatic carbocycles. The highest BCUT2D eigenvalue weighted by molar-refractivity contribution is 6.06. The normalized spacial score (nSPS) is 18.0. The summed E-state index contributed by atoms with van der Waals surface area (Å²) >= 11 is 0. The van der Waals surface area contributed by atoms with E-state index in [9.17, 15) is 4.79 Å². The van der Waals surface area contributed by atoms with E-state index in [1.54, 1.807) is 0 Å². The number of carbonyl (C=O) groups excluding carboxylic acids is 1. The molecular formula is C18H24N2O2. The van der Waals surface area contributed by atoms with Crippen LogP contribution in [-0.4, -0.2) is 30.6 Å². The summed E-state index contributed by atoms with van der Waals surface area (Å²) in [6, 6.07) is 5.90. The Hall–Kier alpha value is -1.81. The zero-order chi connectivity index (χ0) is 15.5. The highest BCUT2D eigenvalue weighted by Crippen LogP contribution is 2.24. The molecule has 0 saturated carbocycles. The number of H-pyrrole nitrogens is 1. The number of amides is 1. The van der Waals surface area contributed by atoms with Crippen molar-refractivity contribution in [1.82, 2.24) is 10.3 Å². The van der Waals surface area contributed by atoms with Crippen LogP contribution in [-0.2, 0) is 4.74 Å². The van der Waals surface area contributed by atoms with Gasteiger partial charge in [-0.1, -0.05) is 12.1 Å². The molecule has 1 atom stereocenters. The number of aromatic amines is 1. The SMILES string of the molecule is Cc1[nH]c2c(C(=O)NCCC[C@H]3CCOC3)cccc2c1C. The number of para-hydroxylation sites is 1. The molecule has 3 rings (SSSR count). The smallest absolute Gasteiger partial charge is 0.253 e. The molecule has 1 saturated heterocycles. The lowest BCUT2D eigenvalue weighted by Crippen LogP contribution is -2.25. The number of ether oxygens (including phenoxy) is 1. The highest BCUT2D eigenvalue weighted by Gasteiger charge is 2.16. The van der Waals surface area contributed by atoms with Crippen molar-refractivity contribution in [1.29, 1.82) is 0 Å². The Morgan fingerprint density at radius 2 is 2.27 bits per heavy atom. The zero-order valence-electron chi connectivity index (χ0n) is 13.4. The van der Waals surface area contributed by atoms with Crippen molar-refractivity contribution >= 4 is 16.8 Å². The van der Waals surface area contributed by atoms with Crippen molar-refractivity contribution in [2.45, 2.75) is 33.1 Å². The van der Waals surface area contributed by atoms with E-state index >= 15 is 0 Å². The molecule has 0 unspecified atom stereocenters. The van der Waals surface area contributed by atoms with Gasteiger partial charge in [-0.2, -0.15) is 0 Å². The topological polar surface area (TPSA) is 54.1 Å². The van der Waals surface area contributed by atoms with E-state index in [1.807, 2.05) is 19.1 Å². The minimum atomic E-state index is 0.00882. The highest BCUT2D eigenvalue weighted by atomic mass is 16.5. The fourth-order valence-corrected chi connectivity index (χ4v) is 3.17. The van der Waals surface area contributed by atoms with Gasteiger partial charge in [0.05, 0.1) is 11.1 Å². The Labute approximate surface area is 131 Å². The van der Waals surface area contributed by atoms with Crippen LogP contribution in [0.2, 0.25) is 0 Å². The molecule has 2 aromatic rings. The van der Waals surface area contributed by atoms with Crippen LogP contribution in [0, 0.1) is 19.8 Å². The standard InChI is InChI=1S/C18H24N2O2/c1-12-13(2)20-17-15(12)6-3-7-16(17)18(21)19-9-4-5-14-8-10-22-11-14/h3,6-7,14,20H,4-5,8-11H2,1-2H3,(H,19,21)/t14-/m0/s1. The van der Waals surface area contributed by atoms with Gasteiger partial charge < -0.3 is 15.0 Å². The van der Waals surface area contributed by atoms with Crippen LogP contribution in [0.15, 0.2) is 18.2 Å². The third-order valence-electron chi connectivity index (χ3n) is 4.69. The van der Waals surface area contributed by atoms with Gasteiger partial charge in [0.2, 0.25) is 0 Å². The first kappa shape index (κ1) is 15.1.